The monoisotopic (exact) mass is 352 g/mol. The van der Waals surface area contributed by atoms with Crippen molar-refractivity contribution in [3.63, 3.8) is 0 Å². The Hall–Kier alpha value is -2.66. The van der Waals surface area contributed by atoms with Gasteiger partial charge in [-0.1, -0.05) is 42.5 Å². The van der Waals surface area contributed by atoms with Crippen molar-refractivity contribution in [2.45, 2.75) is 19.9 Å². The van der Waals surface area contributed by atoms with E-state index in [-0.39, 0.29) is 5.91 Å². The summed E-state index contributed by atoms with van der Waals surface area (Å²) in [5.74, 6) is 0.412. The number of hydrogen-bond donors (Lipinski definition) is 1. The molecule has 0 unspecified atom stereocenters. The molecule has 0 aliphatic rings. The Morgan fingerprint density at radius 2 is 1.84 bits per heavy atom. The number of hydrogen-bond acceptors (Lipinski definition) is 4. The van der Waals surface area contributed by atoms with Crippen LogP contribution < -0.4 is 10.1 Å². The first-order valence-electron chi connectivity index (χ1n) is 8.07. The second kappa shape index (κ2) is 7.94. The van der Waals surface area contributed by atoms with Crippen molar-refractivity contribution in [1.82, 2.24) is 10.3 Å². The van der Waals surface area contributed by atoms with Crippen LogP contribution in [-0.4, -0.2) is 18.0 Å². The highest BCUT2D eigenvalue weighted by molar-refractivity contribution is 7.11. The Morgan fingerprint density at radius 1 is 1.12 bits per heavy atom. The van der Waals surface area contributed by atoms with Gasteiger partial charge >= 0.3 is 0 Å². The molecule has 1 N–H and O–H groups in total. The van der Waals surface area contributed by atoms with E-state index in [9.17, 15) is 4.79 Å². The average Bonchev–Trinajstić information content (AvgIpc) is 3.00. The lowest BCUT2D eigenvalue weighted by Crippen LogP contribution is -2.23. The smallest absolute Gasteiger partial charge is 0.255 e. The van der Waals surface area contributed by atoms with Gasteiger partial charge in [0.25, 0.3) is 5.91 Å². The zero-order valence-corrected chi connectivity index (χ0v) is 15.1. The van der Waals surface area contributed by atoms with Crippen LogP contribution in [0.4, 0.5) is 0 Å². The first-order chi connectivity index (χ1) is 12.2. The predicted octanol–water partition coefficient (Wildman–Crippen LogP) is 3.98. The van der Waals surface area contributed by atoms with E-state index in [1.165, 1.54) is 10.4 Å². The molecule has 4 nitrogen and oxygen atoms in total. The highest BCUT2D eigenvalue weighted by atomic mass is 32.1. The Bertz CT molecular complexity index is 859. The summed E-state index contributed by atoms with van der Waals surface area (Å²) in [4.78, 5) is 18.2. The molecule has 0 aliphatic heterocycles. The summed E-state index contributed by atoms with van der Waals surface area (Å²) >= 11 is 1.64. The Balaban J connectivity index is 1.66. The summed E-state index contributed by atoms with van der Waals surface area (Å²) in [5.41, 5.74) is 2.82. The van der Waals surface area contributed by atoms with Gasteiger partial charge < -0.3 is 10.1 Å². The number of carbonyl (C=O) groups excluding carboxylic acids is 1. The first kappa shape index (κ1) is 17.2. The van der Waals surface area contributed by atoms with Crippen LogP contribution in [0.15, 0.2) is 54.6 Å². The quantitative estimate of drug-likeness (QED) is 0.730. The summed E-state index contributed by atoms with van der Waals surface area (Å²) in [6.07, 6.45) is 0.866. The van der Waals surface area contributed by atoms with Crippen LogP contribution >= 0.6 is 11.3 Å². The van der Waals surface area contributed by atoms with Crippen molar-refractivity contribution >= 4 is 17.2 Å². The number of thiazole rings is 1. The van der Waals surface area contributed by atoms with Crippen LogP contribution in [-0.2, 0) is 13.0 Å². The van der Waals surface area contributed by atoms with E-state index in [1.807, 2.05) is 37.3 Å². The number of ether oxygens (including phenoxy) is 1. The zero-order valence-electron chi connectivity index (χ0n) is 14.3. The number of aryl methyl sites for hydroxylation is 1. The lowest BCUT2D eigenvalue weighted by Gasteiger charge is -2.07. The van der Waals surface area contributed by atoms with E-state index in [2.05, 4.69) is 22.4 Å². The normalized spacial score (nSPS) is 10.5. The van der Waals surface area contributed by atoms with Crippen molar-refractivity contribution in [3.05, 3.63) is 81.3 Å². The predicted molar refractivity (Wildman–Crippen MR) is 100 cm³/mol. The Labute approximate surface area is 151 Å². The average molecular weight is 352 g/mol. The molecule has 3 rings (SSSR count). The number of aromatic nitrogens is 1. The highest BCUT2D eigenvalue weighted by Gasteiger charge is 2.13. The van der Waals surface area contributed by atoms with Gasteiger partial charge in [-0.3, -0.25) is 4.79 Å². The zero-order chi connectivity index (χ0) is 17.6. The molecule has 0 spiro atoms. The molecule has 128 valence electrons. The highest BCUT2D eigenvalue weighted by Crippen LogP contribution is 2.22. The maximum atomic E-state index is 12.4. The molecule has 1 amide bonds. The van der Waals surface area contributed by atoms with Crippen LogP contribution in [0, 0.1) is 6.92 Å². The van der Waals surface area contributed by atoms with E-state index >= 15 is 0 Å². The standard InChI is InChI=1S/C20H20N2O2S/c1-14-18(12-15-8-4-3-5-9-15)25-19(22-14)13-21-20(23)16-10-6-7-11-17(16)24-2/h3-11H,12-13H2,1-2H3,(H,21,23). The summed E-state index contributed by atoms with van der Waals surface area (Å²) in [6, 6.07) is 17.5. The molecule has 0 radical (unpaired) electrons. The van der Waals surface area contributed by atoms with Gasteiger partial charge in [0, 0.05) is 11.3 Å². The third kappa shape index (κ3) is 4.25. The molecule has 0 fully saturated rings. The molecule has 0 bridgehead atoms. The van der Waals surface area contributed by atoms with Gasteiger partial charge in [-0.25, -0.2) is 4.98 Å². The fraction of sp³-hybridized carbons (Fsp3) is 0.200. The van der Waals surface area contributed by atoms with Gasteiger partial charge in [0.05, 0.1) is 24.9 Å². The maximum Gasteiger partial charge on any atom is 0.255 e. The number of methoxy groups -OCH3 is 1. The number of rotatable bonds is 6. The summed E-state index contributed by atoms with van der Waals surface area (Å²) in [7, 11) is 1.56. The van der Waals surface area contributed by atoms with E-state index in [0.29, 0.717) is 17.9 Å². The number of carbonyl (C=O) groups is 1. The molecule has 25 heavy (non-hydrogen) atoms. The molecule has 0 saturated carbocycles. The van der Waals surface area contributed by atoms with E-state index in [4.69, 9.17) is 4.74 Å². The van der Waals surface area contributed by atoms with Crippen molar-refractivity contribution in [2.75, 3.05) is 7.11 Å². The summed E-state index contributed by atoms with van der Waals surface area (Å²) in [6.45, 7) is 2.43. The first-order valence-corrected chi connectivity index (χ1v) is 8.89. The second-order valence-electron chi connectivity index (χ2n) is 5.66. The number of nitrogens with zero attached hydrogens (tertiary/aromatic N) is 1. The van der Waals surface area contributed by atoms with Gasteiger partial charge in [-0.15, -0.1) is 11.3 Å². The molecule has 1 aromatic heterocycles. The van der Waals surface area contributed by atoms with Crippen molar-refractivity contribution in [1.29, 1.82) is 0 Å². The summed E-state index contributed by atoms with van der Waals surface area (Å²) in [5, 5.41) is 3.83. The molecule has 0 atom stereocenters. The van der Waals surface area contributed by atoms with E-state index in [0.717, 1.165) is 17.1 Å². The van der Waals surface area contributed by atoms with Crippen LogP contribution in [0.2, 0.25) is 0 Å². The van der Waals surface area contributed by atoms with Crippen molar-refractivity contribution in [2.24, 2.45) is 0 Å². The van der Waals surface area contributed by atoms with Gasteiger partial charge in [0.15, 0.2) is 0 Å². The minimum Gasteiger partial charge on any atom is -0.496 e. The molecular formula is C20H20N2O2S. The fourth-order valence-electron chi connectivity index (χ4n) is 2.59. The van der Waals surface area contributed by atoms with E-state index < -0.39 is 0 Å². The molecular weight excluding hydrogens is 332 g/mol. The molecule has 0 saturated heterocycles. The second-order valence-corrected chi connectivity index (χ2v) is 6.83. The summed E-state index contributed by atoms with van der Waals surface area (Å²) < 4.78 is 5.23. The lowest BCUT2D eigenvalue weighted by molar-refractivity contribution is 0.0948. The third-order valence-electron chi connectivity index (χ3n) is 3.90. The van der Waals surface area contributed by atoms with E-state index in [1.54, 1.807) is 30.6 Å². The van der Waals surface area contributed by atoms with Crippen molar-refractivity contribution in [3.8, 4) is 5.75 Å². The molecule has 2 aromatic carbocycles. The molecule has 0 aliphatic carbocycles. The minimum absolute atomic E-state index is 0.157. The van der Waals surface area contributed by atoms with Gasteiger partial charge in [-0.05, 0) is 24.6 Å². The van der Waals surface area contributed by atoms with Gasteiger partial charge in [0.1, 0.15) is 10.8 Å². The molecule has 5 heteroatoms. The number of nitrogens with one attached hydrogen (secondary N) is 1. The molecule has 1 heterocycles. The Kier molecular flexibility index (Phi) is 5.46. The maximum absolute atomic E-state index is 12.4. The topological polar surface area (TPSA) is 51.2 Å². The van der Waals surface area contributed by atoms with Crippen LogP contribution in [0.1, 0.15) is 31.5 Å². The number of benzene rings is 2. The number of para-hydroxylation sites is 1. The largest absolute Gasteiger partial charge is 0.496 e. The van der Waals surface area contributed by atoms with Crippen LogP contribution in [0.3, 0.4) is 0 Å². The lowest BCUT2D eigenvalue weighted by atomic mass is 10.1. The van der Waals surface area contributed by atoms with Crippen LogP contribution in [0.25, 0.3) is 0 Å². The van der Waals surface area contributed by atoms with Gasteiger partial charge in [-0.2, -0.15) is 0 Å². The fourth-order valence-corrected chi connectivity index (χ4v) is 3.64. The van der Waals surface area contributed by atoms with Gasteiger partial charge in [0.2, 0.25) is 0 Å². The SMILES string of the molecule is COc1ccccc1C(=O)NCc1nc(C)c(Cc2ccccc2)s1. The Morgan fingerprint density at radius 3 is 2.60 bits per heavy atom. The number of amides is 1. The van der Waals surface area contributed by atoms with Crippen LogP contribution in [0.5, 0.6) is 5.75 Å². The third-order valence-corrected chi connectivity index (χ3v) is 5.05. The minimum atomic E-state index is -0.157. The van der Waals surface area contributed by atoms with Crippen molar-refractivity contribution < 1.29 is 9.53 Å². The molecule has 3 aromatic rings.